The second-order valence-electron chi connectivity index (χ2n) is 11.2. The Hall–Kier alpha value is -2.34. The quantitative estimate of drug-likeness (QED) is 0.662. The number of carbonyl (C=O) groups is 1. The second-order valence-corrected chi connectivity index (χ2v) is 11.2. The number of piperidine rings is 1. The van der Waals surface area contributed by atoms with E-state index in [-0.39, 0.29) is 5.91 Å². The fraction of sp³-hybridized carbons (Fsp3) is 0.643. The van der Waals surface area contributed by atoms with Gasteiger partial charge in [-0.25, -0.2) is 0 Å². The molecule has 2 aromatic rings. The topological polar surface area (TPSA) is 67.6 Å². The molecule has 2 aliphatic carbocycles. The normalized spacial score (nSPS) is 29.1. The predicted molar refractivity (Wildman–Crippen MR) is 130 cm³/mol. The maximum atomic E-state index is 12.4. The first-order valence-electron chi connectivity index (χ1n) is 13.3. The predicted octanol–water partition coefficient (Wildman–Crippen LogP) is 4.87. The van der Waals surface area contributed by atoms with Crippen molar-refractivity contribution in [3.63, 3.8) is 0 Å². The Labute approximate surface area is 202 Å². The Bertz CT molecular complexity index is 1030. The number of nitrogens with one attached hydrogen (secondary N) is 1. The van der Waals surface area contributed by atoms with Gasteiger partial charge in [0.1, 0.15) is 5.75 Å². The molecule has 6 nitrogen and oxygen atoms in total. The summed E-state index contributed by atoms with van der Waals surface area (Å²) in [4.78, 5) is 15.1. The number of likely N-dealkylation sites (tertiary alicyclic amines) is 1. The van der Waals surface area contributed by atoms with Crippen LogP contribution in [0, 0.1) is 18.3 Å². The molecule has 4 aliphatic rings. The molecule has 1 spiro atoms. The lowest BCUT2D eigenvalue weighted by Crippen LogP contribution is -2.35. The number of hydrogen-bond donors (Lipinski definition) is 1. The number of benzene rings is 1. The van der Waals surface area contributed by atoms with E-state index in [0.717, 1.165) is 36.8 Å². The molecule has 3 fully saturated rings. The van der Waals surface area contributed by atoms with Crippen LogP contribution in [-0.4, -0.2) is 48.2 Å². The summed E-state index contributed by atoms with van der Waals surface area (Å²) in [6, 6.07) is 8.67. The molecule has 182 valence electrons. The number of hydrogen-bond acceptors (Lipinski definition) is 5. The molecule has 34 heavy (non-hydrogen) atoms. The van der Waals surface area contributed by atoms with Crippen LogP contribution in [-0.2, 0) is 6.42 Å². The maximum absolute atomic E-state index is 12.4. The Morgan fingerprint density at radius 1 is 1.21 bits per heavy atom. The van der Waals surface area contributed by atoms with Crippen molar-refractivity contribution in [1.29, 1.82) is 0 Å². The minimum atomic E-state index is -0.110. The zero-order valence-corrected chi connectivity index (χ0v) is 20.4. The molecule has 1 amide bonds. The standard InChI is InChI=1S/C28H37N3O3/c1-19-17-25(34-30-19)27(32)29-26-18-28(26)11-5-20(6-12-28)7-13-31-14-8-21(9-15-31)22-3-2-4-24-23(22)10-16-33-24/h2-4,17,20-21,26H,5-16,18H2,1H3,(H,29,32)/t20?,26-,28?/m0/s1. The average Bonchev–Trinajstić information content (AvgIpc) is 3.21. The number of amides is 1. The van der Waals surface area contributed by atoms with Gasteiger partial charge in [-0.1, -0.05) is 17.3 Å². The number of aryl methyl sites for hydroxylation is 1. The van der Waals surface area contributed by atoms with E-state index in [1.807, 2.05) is 6.92 Å². The molecule has 0 bridgehead atoms. The van der Waals surface area contributed by atoms with Crippen molar-refractivity contribution in [2.45, 2.75) is 76.7 Å². The van der Waals surface area contributed by atoms with Crippen molar-refractivity contribution in [3.05, 3.63) is 46.8 Å². The molecule has 6 heteroatoms. The van der Waals surface area contributed by atoms with E-state index in [0.29, 0.717) is 23.1 Å². The molecule has 1 atom stereocenters. The lowest BCUT2D eigenvalue weighted by atomic mass is 9.77. The van der Waals surface area contributed by atoms with Gasteiger partial charge >= 0.3 is 0 Å². The van der Waals surface area contributed by atoms with Crippen molar-refractivity contribution >= 4 is 5.91 Å². The van der Waals surface area contributed by atoms with E-state index < -0.39 is 0 Å². The number of rotatable bonds is 6. The number of nitrogens with zero attached hydrogens (tertiary/aromatic N) is 2. The van der Waals surface area contributed by atoms with Crippen LogP contribution in [0.1, 0.15) is 84.7 Å². The number of carbonyl (C=O) groups excluding carboxylic acids is 1. The SMILES string of the molecule is Cc1cc(C(=O)N[C@H]2CC23CCC(CCN2CCC(c4cccc5c4CCO5)CC2)CC3)on1. The van der Waals surface area contributed by atoms with Crippen LogP contribution >= 0.6 is 0 Å². The molecular weight excluding hydrogens is 426 g/mol. The van der Waals surface area contributed by atoms with E-state index in [1.165, 1.54) is 70.1 Å². The lowest BCUT2D eigenvalue weighted by Gasteiger charge is -2.35. The summed E-state index contributed by atoms with van der Waals surface area (Å²) in [5.41, 5.74) is 4.12. The van der Waals surface area contributed by atoms with E-state index in [4.69, 9.17) is 9.26 Å². The molecule has 1 aromatic heterocycles. The Kier molecular flexibility index (Phi) is 5.88. The molecule has 0 unspecified atom stereocenters. The van der Waals surface area contributed by atoms with Crippen molar-refractivity contribution in [2.75, 3.05) is 26.2 Å². The summed E-state index contributed by atoms with van der Waals surface area (Å²) in [5, 5.41) is 7.01. The zero-order chi connectivity index (χ0) is 23.1. The summed E-state index contributed by atoms with van der Waals surface area (Å²) in [7, 11) is 0. The highest BCUT2D eigenvalue weighted by atomic mass is 16.5. The van der Waals surface area contributed by atoms with Gasteiger partial charge in [-0.15, -0.1) is 0 Å². The molecule has 6 rings (SSSR count). The first kappa shape index (κ1) is 22.1. The summed E-state index contributed by atoms with van der Waals surface area (Å²) < 4.78 is 10.9. The van der Waals surface area contributed by atoms with Crippen LogP contribution in [0.2, 0.25) is 0 Å². The van der Waals surface area contributed by atoms with Gasteiger partial charge in [0.05, 0.1) is 12.3 Å². The molecule has 3 heterocycles. The zero-order valence-electron chi connectivity index (χ0n) is 20.4. The number of fused-ring (bicyclic) bond motifs is 1. The Morgan fingerprint density at radius 3 is 2.79 bits per heavy atom. The molecular formula is C28H37N3O3. The fourth-order valence-corrected chi connectivity index (χ4v) is 6.81. The van der Waals surface area contributed by atoms with Crippen LogP contribution in [0.15, 0.2) is 28.8 Å². The van der Waals surface area contributed by atoms with Crippen molar-refractivity contribution in [1.82, 2.24) is 15.4 Å². The average molecular weight is 464 g/mol. The third-order valence-electron chi connectivity index (χ3n) is 9.11. The van der Waals surface area contributed by atoms with Gasteiger partial charge in [0, 0.05) is 24.1 Å². The van der Waals surface area contributed by atoms with E-state index >= 15 is 0 Å². The minimum Gasteiger partial charge on any atom is -0.493 e. The summed E-state index contributed by atoms with van der Waals surface area (Å²) >= 11 is 0. The highest BCUT2D eigenvalue weighted by Crippen LogP contribution is 2.57. The molecule has 0 radical (unpaired) electrons. The monoisotopic (exact) mass is 463 g/mol. The van der Waals surface area contributed by atoms with Gasteiger partial charge in [0.25, 0.3) is 5.91 Å². The Balaban J connectivity index is 0.922. The van der Waals surface area contributed by atoms with Crippen molar-refractivity contribution in [3.8, 4) is 5.75 Å². The van der Waals surface area contributed by atoms with Crippen LogP contribution in [0.25, 0.3) is 0 Å². The summed E-state index contributed by atoms with van der Waals surface area (Å²) in [6.45, 7) is 6.38. The minimum absolute atomic E-state index is 0.110. The van der Waals surface area contributed by atoms with E-state index in [1.54, 1.807) is 11.6 Å². The van der Waals surface area contributed by atoms with E-state index in [9.17, 15) is 4.79 Å². The Morgan fingerprint density at radius 2 is 2.03 bits per heavy atom. The summed E-state index contributed by atoms with van der Waals surface area (Å²) in [6.07, 6.45) is 11.2. The molecule has 1 saturated heterocycles. The van der Waals surface area contributed by atoms with Crippen LogP contribution < -0.4 is 10.1 Å². The van der Waals surface area contributed by atoms with Gasteiger partial charge in [-0.3, -0.25) is 4.79 Å². The van der Waals surface area contributed by atoms with Gasteiger partial charge < -0.3 is 19.5 Å². The molecule has 2 aliphatic heterocycles. The maximum Gasteiger partial charge on any atom is 0.290 e. The fourth-order valence-electron chi connectivity index (χ4n) is 6.81. The molecule has 2 saturated carbocycles. The highest BCUT2D eigenvalue weighted by Gasteiger charge is 2.55. The van der Waals surface area contributed by atoms with E-state index in [2.05, 4.69) is 33.6 Å². The van der Waals surface area contributed by atoms with Gasteiger partial charge in [0.15, 0.2) is 0 Å². The largest absolute Gasteiger partial charge is 0.493 e. The van der Waals surface area contributed by atoms with Crippen LogP contribution in [0.4, 0.5) is 0 Å². The smallest absolute Gasteiger partial charge is 0.290 e. The van der Waals surface area contributed by atoms with Crippen LogP contribution in [0.5, 0.6) is 5.75 Å². The summed E-state index contributed by atoms with van der Waals surface area (Å²) in [5.74, 6) is 2.89. The highest BCUT2D eigenvalue weighted by molar-refractivity contribution is 5.91. The number of aromatic nitrogens is 1. The van der Waals surface area contributed by atoms with Gasteiger partial charge in [-0.2, -0.15) is 0 Å². The van der Waals surface area contributed by atoms with Crippen molar-refractivity contribution < 1.29 is 14.1 Å². The first-order valence-corrected chi connectivity index (χ1v) is 13.3. The van der Waals surface area contributed by atoms with Crippen molar-refractivity contribution in [2.24, 2.45) is 11.3 Å². The van der Waals surface area contributed by atoms with Gasteiger partial charge in [-0.05, 0) is 107 Å². The third kappa shape index (κ3) is 4.37. The second kappa shape index (κ2) is 9.03. The van der Waals surface area contributed by atoms with Gasteiger partial charge in [0.2, 0.25) is 5.76 Å². The molecule has 1 aromatic carbocycles. The third-order valence-corrected chi connectivity index (χ3v) is 9.11. The van der Waals surface area contributed by atoms with Crippen LogP contribution in [0.3, 0.4) is 0 Å². The molecule has 1 N–H and O–H groups in total. The first-order chi connectivity index (χ1) is 16.6. The number of ether oxygens (including phenoxy) is 1. The lowest BCUT2D eigenvalue weighted by molar-refractivity contribution is 0.0902.